The third kappa shape index (κ3) is 5.54. The van der Waals surface area contributed by atoms with Gasteiger partial charge in [-0.3, -0.25) is 19.9 Å². The molecule has 0 unspecified atom stereocenters. The molecule has 43 heavy (non-hydrogen) atoms. The number of halogens is 1. The van der Waals surface area contributed by atoms with Crippen molar-refractivity contribution in [2.45, 2.75) is 12.8 Å². The van der Waals surface area contributed by atoms with Gasteiger partial charge >= 0.3 is 0 Å². The summed E-state index contributed by atoms with van der Waals surface area (Å²) in [5.74, 6) is -0.177. The first-order chi connectivity index (χ1) is 20.9. The van der Waals surface area contributed by atoms with Gasteiger partial charge in [-0.2, -0.15) is 5.10 Å². The third-order valence-electron chi connectivity index (χ3n) is 7.61. The predicted octanol–water partition coefficient (Wildman–Crippen LogP) is 5.69. The number of hydrogen-bond donors (Lipinski definition) is 4. The van der Waals surface area contributed by atoms with Crippen LogP contribution in [0.3, 0.4) is 0 Å². The number of aromatic amines is 2. The van der Waals surface area contributed by atoms with Gasteiger partial charge in [0.25, 0.3) is 0 Å². The van der Waals surface area contributed by atoms with Gasteiger partial charge in [0.05, 0.1) is 35.0 Å². The number of likely N-dealkylation sites (N-methyl/N-ethyl adjacent to an activating group) is 1. The lowest BCUT2D eigenvalue weighted by Gasteiger charge is -2.13. The summed E-state index contributed by atoms with van der Waals surface area (Å²) in [5.41, 5.74) is 7.55. The number of amides is 1. The fourth-order valence-electron chi connectivity index (χ4n) is 5.21. The highest BCUT2D eigenvalue weighted by Gasteiger charge is 2.29. The van der Waals surface area contributed by atoms with E-state index in [4.69, 9.17) is 0 Å². The number of carbonyl (C=O) groups is 1. The molecule has 4 N–H and O–H groups in total. The highest BCUT2D eigenvalue weighted by Crippen LogP contribution is 2.36. The Labute approximate surface area is 246 Å². The maximum Gasteiger partial charge on any atom is 0.227 e. The molecule has 0 spiro atoms. The smallest absolute Gasteiger partial charge is 0.227 e. The van der Waals surface area contributed by atoms with Crippen LogP contribution in [0.25, 0.3) is 55.6 Å². The summed E-state index contributed by atoms with van der Waals surface area (Å²) in [6.07, 6.45) is 10.5. The average molecular weight is 576 g/mol. The molecule has 0 aliphatic heterocycles. The van der Waals surface area contributed by atoms with Gasteiger partial charge in [-0.15, -0.1) is 0 Å². The van der Waals surface area contributed by atoms with Crippen molar-refractivity contribution in [3.8, 4) is 33.6 Å². The van der Waals surface area contributed by atoms with Gasteiger partial charge in [0.2, 0.25) is 5.91 Å². The summed E-state index contributed by atoms with van der Waals surface area (Å²) in [6.45, 7) is 1.53. The summed E-state index contributed by atoms with van der Waals surface area (Å²) in [4.78, 5) is 31.1. The molecular formula is C32H30FN9O. The first-order valence-electron chi connectivity index (χ1n) is 14.2. The molecule has 0 saturated heterocycles. The zero-order valence-corrected chi connectivity index (χ0v) is 23.8. The maximum atomic E-state index is 14.7. The zero-order chi connectivity index (χ0) is 29.5. The van der Waals surface area contributed by atoms with Crippen LogP contribution in [-0.4, -0.2) is 68.1 Å². The Morgan fingerprint density at radius 2 is 1.74 bits per heavy atom. The second kappa shape index (κ2) is 10.9. The van der Waals surface area contributed by atoms with E-state index in [0.29, 0.717) is 23.6 Å². The minimum Gasteiger partial charge on any atom is -0.384 e. The number of nitrogens with zero attached hydrogens (tertiary/aromatic N) is 5. The van der Waals surface area contributed by atoms with E-state index in [1.807, 2.05) is 38.4 Å². The molecule has 1 aliphatic carbocycles. The summed E-state index contributed by atoms with van der Waals surface area (Å²) in [6, 6.07) is 10.9. The van der Waals surface area contributed by atoms with E-state index >= 15 is 0 Å². The molecule has 5 aromatic heterocycles. The Morgan fingerprint density at radius 3 is 2.58 bits per heavy atom. The molecule has 6 aromatic rings. The molecule has 1 amide bonds. The van der Waals surface area contributed by atoms with Crippen LogP contribution in [0.15, 0.2) is 67.4 Å². The summed E-state index contributed by atoms with van der Waals surface area (Å²) in [5, 5.41) is 15.5. The molecule has 1 aliphatic rings. The number of benzene rings is 1. The number of rotatable bonds is 9. The Morgan fingerprint density at radius 1 is 0.930 bits per heavy atom. The number of hydrogen-bond acceptors (Lipinski definition) is 7. The fraction of sp³-hybridized carbons (Fsp3) is 0.219. The monoisotopic (exact) mass is 575 g/mol. The molecule has 5 heterocycles. The number of H-pyrrole nitrogens is 2. The van der Waals surface area contributed by atoms with Crippen LogP contribution in [-0.2, 0) is 4.79 Å². The Balaban J connectivity index is 1.23. The number of anilines is 2. The van der Waals surface area contributed by atoms with Crippen molar-refractivity contribution in [2.24, 2.45) is 5.92 Å². The van der Waals surface area contributed by atoms with Gasteiger partial charge in [0, 0.05) is 70.7 Å². The lowest BCUT2D eigenvalue weighted by atomic mass is 10.0. The van der Waals surface area contributed by atoms with E-state index in [2.05, 4.69) is 45.7 Å². The molecule has 0 atom stereocenters. The van der Waals surface area contributed by atoms with Gasteiger partial charge < -0.3 is 20.5 Å². The molecule has 1 fully saturated rings. The average Bonchev–Trinajstić information content (AvgIpc) is 3.62. The van der Waals surface area contributed by atoms with Gasteiger partial charge in [0.1, 0.15) is 5.82 Å². The molecule has 1 aromatic carbocycles. The predicted molar refractivity (Wildman–Crippen MR) is 166 cm³/mol. The fourth-order valence-corrected chi connectivity index (χ4v) is 5.21. The minimum atomic E-state index is -0.318. The van der Waals surface area contributed by atoms with E-state index in [0.717, 1.165) is 69.3 Å². The van der Waals surface area contributed by atoms with Gasteiger partial charge in [-0.05, 0) is 68.9 Å². The SMILES string of the molecule is CN(C)CCNc1cc(F)cc(-c2cncc3[nH]c(-c4[nH]nc5ncc(-c6cncc(NC(=O)C7CC7)c6)cc45)cc23)c1. The van der Waals surface area contributed by atoms with Crippen molar-refractivity contribution >= 4 is 39.2 Å². The van der Waals surface area contributed by atoms with E-state index in [1.54, 1.807) is 31.0 Å². The van der Waals surface area contributed by atoms with Gasteiger partial charge in [0.15, 0.2) is 5.65 Å². The van der Waals surface area contributed by atoms with Crippen molar-refractivity contribution in [1.82, 2.24) is 35.0 Å². The van der Waals surface area contributed by atoms with Crippen LogP contribution in [0.1, 0.15) is 12.8 Å². The molecular weight excluding hydrogens is 545 g/mol. The van der Waals surface area contributed by atoms with Crippen LogP contribution in [0.4, 0.5) is 15.8 Å². The number of carbonyl (C=O) groups excluding carboxylic acids is 1. The summed E-state index contributed by atoms with van der Waals surface area (Å²) >= 11 is 0. The van der Waals surface area contributed by atoms with Crippen LogP contribution in [0.5, 0.6) is 0 Å². The zero-order valence-electron chi connectivity index (χ0n) is 23.8. The van der Waals surface area contributed by atoms with Crippen molar-refractivity contribution < 1.29 is 9.18 Å². The normalized spacial score (nSPS) is 13.2. The van der Waals surface area contributed by atoms with E-state index in [9.17, 15) is 9.18 Å². The second-order valence-electron chi connectivity index (χ2n) is 11.2. The molecule has 7 rings (SSSR count). The Hall–Kier alpha value is -5.16. The Kier molecular flexibility index (Phi) is 6.78. The first kappa shape index (κ1) is 26.7. The van der Waals surface area contributed by atoms with Crippen molar-refractivity contribution in [1.29, 1.82) is 0 Å². The van der Waals surface area contributed by atoms with Crippen molar-refractivity contribution in [3.05, 3.63) is 73.2 Å². The molecule has 1 saturated carbocycles. The van der Waals surface area contributed by atoms with Crippen molar-refractivity contribution in [3.63, 3.8) is 0 Å². The largest absolute Gasteiger partial charge is 0.384 e. The van der Waals surface area contributed by atoms with Gasteiger partial charge in [-0.25, -0.2) is 9.37 Å². The lowest BCUT2D eigenvalue weighted by Crippen LogP contribution is -2.20. The first-order valence-corrected chi connectivity index (χ1v) is 14.2. The number of nitrogens with one attached hydrogen (secondary N) is 4. The molecule has 216 valence electrons. The standard InChI is InChI=1S/C32H30FN9O/c1-42(2)6-5-36-23-8-19(7-22(33)11-23)27-16-35-17-29-25(27)12-28(39-29)30-26-10-21(14-37-31(26)41-40-30)20-9-24(15-34-13-20)38-32(43)18-3-4-18/h7-18,36,39H,3-6H2,1-2H3,(H,38,43)(H,37,40,41). The highest BCUT2D eigenvalue weighted by atomic mass is 19.1. The lowest BCUT2D eigenvalue weighted by molar-refractivity contribution is -0.117. The Bertz CT molecular complexity index is 1980. The quantitative estimate of drug-likeness (QED) is 0.174. The number of aromatic nitrogens is 6. The molecule has 0 radical (unpaired) electrons. The van der Waals surface area contributed by atoms with Crippen LogP contribution >= 0.6 is 0 Å². The third-order valence-corrected chi connectivity index (χ3v) is 7.61. The van der Waals surface area contributed by atoms with E-state index in [-0.39, 0.29) is 17.6 Å². The second-order valence-corrected chi connectivity index (χ2v) is 11.2. The molecule has 10 nitrogen and oxygen atoms in total. The summed E-state index contributed by atoms with van der Waals surface area (Å²) in [7, 11) is 4.00. The maximum absolute atomic E-state index is 14.7. The molecule has 0 bridgehead atoms. The van der Waals surface area contributed by atoms with Crippen LogP contribution in [0, 0.1) is 11.7 Å². The number of fused-ring (bicyclic) bond motifs is 2. The summed E-state index contributed by atoms with van der Waals surface area (Å²) < 4.78 is 14.7. The number of pyridine rings is 3. The van der Waals surface area contributed by atoms with E-state index in [1.165, 1.54) is 12.1 Å². The topological polar surface area (TPSA) is 128 Å². The van der Waals surface area contributed by atoms with E-state index < -0.39 is 0 Å². The highest BCUT2D eigenvalue weighted by molar-refractivity contribution is 6.01. The van der Waals surface area contributed by atoms with Crippen molar-refractivity contribution in [2.75, 3.05) is 37.8 Å². The van der Waals surface area contributed by atoms with Gasteiger partial charge in [-0.1, -0.05) is 0 Å². The molecule has 11 heteroatoms. The van der Waals surface area contributed by atoms with Crippen LogP contribution in [0.2, 0.25) is 0 Å². The van der Waals surface area contributed by atoms with Crippen LogP contribution < -0.4 is 10.6 Å². The minimum absolute atomic E-state index is 0.0346.